The summed E-state index contributed by atoms with van der Waals surface area (Å²) in [5.74, 6) is -1.98. The molecule has 0 N–H and O–H groups in total. The zero-order chi connectivity index (χ0) is 11.2. The lowest BCUT2D eigenvalue weighted by Gasteiger charge is -2.10. The van der Waals surface area contributed by atoms with Crippen molar-refractivity contribution in [1.82, 2.24) is 0 Å². The van der Waals surface area contributed by atoms with Gasteiger partial charge in [0.25, 0.3) is 0 Å². The fourth-order valence-corrected chi connectivity index (χ4v) is 1.72. The van der Waals surface area contributed by atoms with E-state index < -0.39 is 23.3 Å². The van der Waals surface area contributed by atoms with Crippen molar-refractivity contribution in [2.75, 3.05) is 0 Å². The van der Waals surface area contributed by atoms with Crippen LogP contribution in [0.2, 0.25) is 0 Å². The van der Waals surface area contributed by atoms with Gasteiger partial charge in [0.05, 0.1) is 11.1 Å². The summed E-state index contributed by atoms with van der Waals surface area (Å²) in [6.07, 6.45) is -4.33. The van der Waals surface area contributed by atoms with E-state index in [4.69, 9.17) is 0 Å². The van der Waals surface area contributed by atoms with Crippen LogP contribution in [0, 0.1) is 5.82 Å². The molecule has 0 aliphatic heterocycles. The van der Waals surface area contributed by atoms with Crippen LogP contribution in [-0.4, -0.2) is 5.78 Å². The van der Waals surface area contributed by atoms with Crippen LogP contribution in [0.25, 0.3) is 0 Å². The Morgan fingerprint density at radius 3 is 2.40 bits per heavy atom. The smallest absolute Gasteiger partial charge is 0.294 e. The number of rotatable bonds is 0. The van der Waals surface area contributed by atoms with E-state index in [2.05, 4.69) is 0 Å². The van der Waals surface area contributed by atoms with Crippen LogP contribution in [0.1, 0.15) is 27.9 Å². The summed E-state index contributed by atoms with van der Waals surface area (Å²) < 4.78 is 50.3. The third-order valence-corrected chi connectivity index (χ3v) is 2.43. The average molecular weight is 218 g/mol. The molecule has 0 saturated heterocycles. The summed E-state index contributed by atoms with van der Waals surface area (Å²) in [4.78, 5) is 11.2. The molecule has 0 amide bonds. The minimum atomic E-state index is -4.75. The average Bonchev–Trinajstić information content (AvgIpc) is 2.46. The van der Waals surface area contributed by atoms with Gasteiger partial charge in [0, 0.05) is 6.42 Å². The Hall–Kier alpha value is -1.39. The summed E-state index contributed by atoms with van der Waals surface area (Å²) in [6, 6.07) is 1.86. The summed E-state index contributed by atoms with van der Waals surface area (Å²) >= 11 is 0. The first kappa shape index (κ1) is 10.1. The number of alkyl halides is 3. The van der Waals surface area contributed by atoms with Crippen LogP contribution in [0.15, 0.2) is 12.1 Å². The molecule has 0 saturated carbocycles. The Morgan fingerprint density at radius 2 is 1.80 bits per heavy atom. The van der Waals surface area contributed by atoms with Gasteiger partial charge in [-0.1, -0.05) is 6.07 Å². The predicted octanol–water partition coefficient (Wildman–Crippen LogP) is 2.97. The van der Waals surface area contributed by atoms with Gasteiger partial charge in [0.15, 0.2) is 5.78 Å². The number of hydrogen-bond donors (Lipinski definition) is 0. The maximum Gasteiger partial charge on any atom is 0.419 e. The van der Waals surface area contributed by atoms with Gasteiger partial charge in [-0.3, -0.25) is 4.79 Å². The topological polar surface area (TPSA) is 17.1 Å². The third kappa shape index (κ3) is 1.52. The largest absolute Gasteiger partial charge is 0.419 e. The van der Waals surface area contributed by atoms with Crippen molar-refractivity contribution in [2.45, 2.75) is 19.0 Å². The van der Waals surface area contributed by atoms with Gasteiger partial charge in [-0.15, -0.1) is 0 Å². The third-order valence-electron chi connectivity index (χ3n) is 2.43. The molecule has 0 aromatic heterocycles. The van der Waals surface area contributed by atoms with Crippen LogP contribution in [0.4, 0.5) is 17.6 Å². The van der Waals surface area contributed by atoms with E-state index in [0.29, 0.717) is 18.1 Å². The van der Waals surface area contributed by atoms with Gasteiger partial charge in [0.2, 0.25) is 0 Å². The van der Waals surface area contributed by atoms with Crippen molar-refractivity contribution in [3.05, 3.63) is 34.6 Å². The first-order valence-electron chi connectivity index (χ1n) is 4.33. The SMILES string of the molecule is O=C1CCc2ccc(C(F)(F)F)c(F)c21. The minimum absolute atomic E-state index is 0.0908. The second-order valence-electron chi connectivity index (χ2n) is 3.38. The Balaban J connectivity index is 2.64. The molecule has 1 aliphatic carbocycles. The van der Waals surface area contributed by atoms with Crippen molar-refractivity contribution < 1.29 is 22.4 Å². The van der Waals surface area contributed by atoms with Crippen LogP contribution >= 0.6 is 0 Å². The highest BCUT2D eigenvalue weighted by molar-refractivity contribution is 6.00. The predicted molar refractivity (Wildman–Crippen MR) is 44.1 cm³/mol. The van der Waals surface area contributed by atoms with Crippen LogP contribution in [-0.2, 0) is 12.6 Å². The second-order valence-corrected chi connectivity index (χ2v) is 3.38. The molecule has 5 heteroatoms. The van der Waals surface area contributed by atoms with Crippen molar-refractivity contribution >= 4 is 5.78 Å². The quantitative estimate of drug-likeness (QED) is 0.612. The molecule has 1 aliphatic rings. The fraction of sp³-hybridized carbons (Fsp3) is 0.300. The van der Waals surface area contributed by atoms with Crippen molar-refractivity contribution in [3.8, 4) is 0 Å². The van der Waals surface area contributed by atoms with E-state index in [0.717, 1.165) is 0 Å². The normalized spacial score (nSPS) is 15.6. The van der Waals surface area contributed by atoms with E-state index in [1.54, 1.807) is 0 Å². The molecule has 0 heterocycles. The van der Waals surface area contributed by atoms with E-state index in [9.17, 15) is 22.4 Å². The number of fused-ring (bicyclic) bond motifs is 1. The number of hydrogen-bond acceptors (Lipinski definition) is 1. The number of carbonyl (C=O) groups is 1. The number of Topliss-reactive ketones (excluding diaryl/α,β-unsaturated/α-hetero) is 1. The van der Waals surface area contributed by atoms with Crippen molar-refractivity contribution in [2.24, 2.45) is 0 Å². The number of ketones is 1. The first-order valence-corrected chi connectivity index (χ1v) is 4.33. The number of aryl methyl sites for hydroxylation is 1. The maximum absolute atomic E-state index is 13.4. The van der Waals surface area contributed by atoms with Gasteiger partial charge >= 0.3 is 6.18 Å². The first-order chi connectivity index (χ1) is 6.91. The summed E-state index contributed by atoms with van der Waals surface area (Å²) in [5, 5.41) is 0. The molecular weight excluding hydrogens is 212 g/mol. The van der Waals surface area contributed by atoms with Crippen molar-refractivity contribution in [3.63, 3.8) is 0 Å². The summed E-state index contributed by atoms with van der Waals surface area (Å²) in [7, 11) is 0. The molecule has 1 aromatic carbocycles. The molecule has 15 heavy (non-hydrogen) atoms. The Bertz CT molecular complexity index is 434. The number of halogens is 4. The highest BCUT2D eigenvalue weighted by atomic mass is 19.4. The lowest BCUT2D eigenvalue weighted by molar-refractivity contribution is -0.140. The molecular formula is C10H6F4O. The van der Waals surface area contributed by atoms with Crippen LogP contribution < -0.4 is 0 Å². The molecule has 2 rings (SSSR count). The zero-order valence-electron chi connectivity index (χ0n) is 7.49. The summed E-state index contributed by atoms with van der Waals surface area (Å²) in [6.45, 7) is 0. The molecule has 1 nitrogen and oxygen atoms in total. The zero-order valence-corrected chi connectivity index (χ0v) is 7.49. The number of benzene rings is 1. The van der Waals surface area contributed by atoms with Gasteiger partial charge in [0.1, 0.15) is 5.82 Å². The molecule has 0 atom stereocenters. The molecule has 0 spiro atoms. The van der Waals surface area contributed by atoms with Gasteiger partial charge in [-0.2, -0.15) is 13.2 Å². The molecule has 0 radical (unpaired) electrons. The molecule has 1 aromatic rings. The van der Waals surface area contributed by atoms with Gasteiger partial charge in [-0.25, -0.2) is 4.39 Å². The fourth-order valence-electron chi connectivity index (χ4n) is 1.72. The molecule has 0 unspecified atom stereocenters. The van der Waals surface area contributed by atoms with Gasteiger partial charge < -0.3 is 0 Å². The van der Waals surface area contributed by atoms with Gasteiger partial charge in [-0.05, 0) is 18.1 Å². The van der Waals surface area contributed by atoms with Crippen LogP contribution in [0.3, 0.4) is 0 Å². The van der Waals surface area contributed by atoms with Crippen molar-refractivity contribution in [1.29, 1.82) is 0 Å². The Kier molecular flexibility index (Phi) is 2.06. The highest BCUT2D eigenvalue weighted by Crippen LogP contribution is 2.35. The lowest BCUT2D eigenvalue weighted by Crippen LogP contribution is -2.11. The number of carbonyl (C=O) groups excluding carboxylic acids is 1. The Morgan fingerprint density at radius 1 is 1.13 bits per heavy atom. The summed E-state index contributed by atoms with van der Waals surface area (Å²) in [5.41, 5.74) is -1.38. The monoisotopic (exact) mass is 218 g/mol. The molecule has 0 bridgehead atoms. The maximum atomic E-state index is 13.4. The molecule has 80 valence electrons. The van der Waals surface area contributed by atoms with E-state index in [1.807, 2.05) is 0 Å². The van der Waals surface area contributed by atoms with E-state index >= 15 is 0 Å². The van der Waals surface area contributed by atoms with E-state index in [-0.39, 0.29) is 12.0 Å². The van der Waals surface area contributed by atoms with E-state index in [1.165, 1.54) is 6.07 Å². The minimum Gasteiger partial charge on any atom is -0.294 e. The van der Waals surface area contributed by atoms with Crippen LogP contribution in [0.5, 0.6) is 0 Å². The second kappa shape index (κ2) is 3.05. The molecule has 0 fully saturated rings. The highest BCUT2D eigenvalue weighted by Gasteiger charge is 2.37. The standard InChI is InChI=1S/C10H6F4O/c11-9-6(10(12,13)14)3-1-5-2-4-7(15)8(5)9/h1,3H,2,4H2. The Labute approximate surface area is 82.7 Å². The lowest BCUT2D eigenvalue weighted by atomic mass is 10.0.